The van der Waals surface area contributed by atoms with Crippen LogP contribution < -0.4 is 10.4 Å². The molecule has 1 N–H and O–H groups in total. The molecule has 1 amide bonds. The Balaban J connectivity index is 1.61. The third kappa shape index (κ3) is 6.40. The molecule has 7 heteroatoms. The monoisotopic (exact) mass is 645 g/mol. The first-order chi connectivity index (χ1) is 21.1. The van der Waals surface area contributed by atoms with E-state index in [0.29, 0.717) is 29.5 Å². The van der Waals surface area contributed by atoms with Gasteiger partial charge in [0.1, 0.15) is 6.10 Å². The van der Waals surface area contributed by atoms with Crippen molar-refractivity contribution in [3.05, 3.63) is 130 Å². The summed E-state index contributed by atoms with van der Waals surface area (Å²) in [4.78, 5) is 16.0. The van der Waals surface area contributed by atoms with Crippen molar-refractivity contribution in [2.75, 3.05) is 6.61 Å². The van der Waals surface area contributed by atoms with Crippen molar-refractivity contribution in [3.63, 3.8) is 0 Å². The maximum atomic E-state index is 14.1. The van der Waals surface area contributed by atoms with E-state index in [0.717, 1.165) is 11.1 Å². The van der Waals surface area contributed by atoms with E-state index in [1.807, 2.05) is 65.6 Å². The molecule has 0 aromatic heterocycles. The summed E-state index contributed by atoms with van der Waals surface area (Å²) < 4.78 is 7.34. The second-order valence-electron chi connectivity index (χ2n) is 12.7. The lowest BCUT2D eigenvalue weighted by atomic mass is 9.78. The molecule has 1 saturated heterocycles. The molecule has 0 bridgehead atoms. The molecule has 1 aliphatic rings. The summed E-state index contributed by atoms with van der Waals surface area (Å²) in [7, 11) is -2.86. The van der Waals surface area contributed by atoms with Gasteiger partial charge in [0, 0.05) is 16.0 Å². The molecule has 5 rings (SSSR count). The van der Waals surface area contributed by atoms with E-state index in [4.69, 9.17) is 27.6 Å². The van der Waals surface area contributed by atoms with Crippen LogP contribution in [-0.2, 0) is 9.22 Å². The SMILES string of the molecule is CCC(CO[Si](c1ccccc1)(c1ccccc1)C(C)(C)C)N1C(=O)C(O)CC(c2cccc(Cl)c2)C1c1ccc(Cl)cc1. The van der Waals surface area contributed by atoms with Crippen LogP contribution in [0.25, 0.3) is 0 Å². The van der Waals surface area contributed by atoms with Gasteiger partial charge in [-0.05, 0) is 63.6 Å². The van der Waals surface area contributed by atoms with Crippen molar-refractivity contribution >= 4 is 47.8 Å². The van der Waals surface area contributed by atoms with Crippen molar-refractivity contribution in [2.45, 2.75) is 69.7 Å². The molecule has 0 aliphatic carbocycles. The first-order valence-electron chi connectivity index (χ1n) is 15.3. The van der Waals surface area contributed by atoms with E-state index in [1.165, 1.54) is 10.4 Å². The fraction of sp³-hybridized carbons (Fsp3) is 0.324. The van der Waals surface area contributed by atoms with Crippen LogP contribution >= 0.6 is 23.2 Å². The van der Waals surface area contributed by atoms with Crippen molar-refractivity contribution < 1.29 is 14.3 Å². The van der Waals surface area contributed by atoms with Crippen molar-refractivity contribution in [1.29, 1.82) is 0 Å². The number of piperidine rings is 1. The highest BCUT2D eigenvalue weighted by Crippen LogP contribution is 2.46. The summed E-state index contributed by atoms with van der Waals surface area (Å²) in [6, 6.07) is 35.8. The second-order valence-corrected chi connectivity index (χ2v) is 17.9. The van der Waals surface area contributed by atoms with Gasteiger partial charge in [0.25, 0.3) is 14.2 Å². The average Bonchev–Trinajstić information content (AvgIpc) is 3.02. The highest BCUT2D eigenvalue weighted by molar-refractivity contribution is 6.99. The number of aliphatic hydroxyl groups is 1. The molecule has 1 fully saturated rings. The van der Waals surface area contributed by atoms with Gasteiger partial charge in [0.2, 0.25) is 0 Å². The Morgan fingerprint density at radius 2 is 1.43 bits per heavy atom. The number of amides is 1. The summed E-state index contributed by atoms with van der Waals surface area (Å²) >= 11 is 12.8. The van der Waals surface area contributed by atoms with Crippen LogP contribution in [0, 0.1) is 0 Å². The number of nitrogens with zero attached hydrogens (tertiary/aromatic N) is 1. The van der Waals surface area contributed by atoms with Gasteiger partial charge < -0.3 is 14.4 Å². The van der Waals surface area contributed by atoms with Crippen molar-refractivity contribution in [3.8, 4) is 0 Å². The molecular weight excluding hydrogens is 605 g/mol. The number of aliphatic hydroxyl groups excluding tert-OH is 1. The van der Waals surface area contributed by atoms with E-state index in [2.05, 4.69) is 76.2 Å². The molecule has 4 aromatic rings. The standard InChI is InChI=1S/C37H41Cl2NO3Si/c1-5-30(25-43-44(37(2,3)4,31-15-8-6-9-16-31)32-17-10-7-11-18-32)40-35(26-19-21-28(38)22-20-26)33(24-34(41)36(40)42)27-13-12-14-29(39)23-27/h6-23,30,33-35,41H,5,24-25H2,1-4H3. The topological polar surface area (TPSA) is 49.8 Å². The van der Waals surface area contributed by atoms with Crippen LogP contribution in [-0.4, -0.2) is 43.0 Å². The molecular formula is C37H41Cl2NO3Si. The summed E-state index contributed by atoms with van der Waals surface area (Å²) in [5.41, 5.74) is 1.94. The Bertz CT molecular complexity index is 1500. The second kappa shape index (κ2) is 13.6. The Labute approximate surface area is 272 Å². The fourth-order valence-corrected chi connectivity index (χ4v) is 11.8. The van der Waals surface area contributed by atoms with Crippen LogP contribution in [0.3, 0.4) is 0 Å². The van der Waals surface area contributed by atoms with Crippen LogP contribution in [0.1, 0.15) is 63.6 Å². The molecule has 44 heavy (non-hydrogen) atoms. The Hall–Kier alpha value is -2.93. The molecule has 1 aliphatic heterocycles. The first-order valence-corrected chi connectivity index (χ1v) is 18.0. The van der Waals surface area contributed by atoms with E-state index >= 15 is 0 Å². The number of hydrogen-bond donors (Lipinski definition) is 1. The lowest BCUT2D eigenvalue weighted by molar-refractivity contribution is -0.154. The van der Waals surface area contributed by atoms with Crippen molar-refractivity contribution in [2.24, 2.45) is 0 Å². The summed E-state index contributed by atoms with van der Waals surface area (Å²) in [6.07, 6.45) is -0.178. The van der Waals surface area contributed by atoms with Crippen LogP contribution in [0.15, 0.2) is 109 Å². The largest absolute Gasteiger partial charge is 0.405 e. The molecule has 4 nitrogen and oxygen atoms in total. The number of rotatable bonds is 9. The predicted molar refractivity (Wildman–Crippen MR) is 184 cm³/mol. The fourth-order valence-electron chi connectivity index (χ4n) is 6.87. The minimum Gasteiger partial charge on any atom is -0.405 e. The third-order valence-electron chi connectivity index (χ3n) is 8.96. The number of carbonyl (C=O) groups is 1. The van der Waals surface area contributed by atoms with Crippen molar-refractivity contribution in [1.82, 2.24) is 4.90 Å². The van der Waals surface area contributed by atoms with Gasteiger partial charge in [0.15, 0.2) is 0 Å². The van der Waals surface area contributed by atoms with E-state index < -0.39 is 14.4 Å². The zero-order valence-electron chi connectivity index (χ0n) is 25.8. The van der Waals surface area contributed by atoms with Crippen LogP contribution in [0.4, 0.5) is 0 Å². The van der Waals surface area contributed by atoms with Gasteiger partial charge in [-0.3, -0.25) is 4.79 Å². The third-order valence-corrected chi connectivity index (χ3v) is 14.5. The van der Waals surface area contributed by atoms with Gasteiger partial charge >= 0.3 is 0 Å². The minimum absolute atomic E-state index is 0.176. The Morgan fingerprint density at radius 3 is 1.95 bits per heavy atom. The number of hydrogen-bond acceptors (Lipinski definition) is 3. The van der Waals surface area contributed by atoms with Gasteiger partial charge in [-0.25, -0.2) is 0 Å². The van der Waals surface area contributed by atoms with Gasteiger partial charge in [0.05, 0.1) is 18.7 Å². The van der Waals surface area contributed by atoms with Crippen LogP contribution in [0.2, 0.25) is 15.1 Å². The zero-order valence-corrected chi connectivity index (χ0v) is 28.3. The highest BCUT2D eigenvalue weighted by Gasteiger charge is 2.51. The Morgan fingerprint density at radius 1 is 0.841 bits per heavy atom. The molecule has 4 atom stereocenters. The maximum Gasteiger partial charge on any atom is 0.261 e. The zero-order chi connectivity index (χ0) is 31.5. The molecule has 0 saturated carbocycles. The molecule has 1 heterocycles. The van der Waals surface area contributed by atoms with E-state index in [-0.39, 0.29) is 28.9 Å². The van der Waals surface area contributed by atoms with Gasteiger partial charge in [-0.2, -0.15) is 0 Å². The van der Waals surface area contributed by atoms with E-state index in [9.17, 15) is 9.90 Å². The lowest BCUT2D eigenvalue weighted by Gasteiger charge is -2.49. The first kappa shape index (κ1) is 32.5. The smallest absolute Gasteiger partial charge is 0.261 e. The number of benzene rings is 4. The number of halogens is 2. The lowest BCUT2D eigenvalue weighted by Crippen LogP contribution is -2.67. The highest BCUT2D eigenvalue weighted by atomic mass is 35.5. The molecule has 0 radical (unpaired) electrons. The molecule has 4 aromatic carbocycles. The molecule has 4 unspecified atom stereocenters. The minimum atomic E-state index is -2.86. The van der Waals surface area contributed by atoms with E-state index in [1.54, 1.807) is 0 Å². The maximum absolute atomic E-state index is 14.1. The molecule has 0 spiro atoms. The summed E-state index contributed by atoms with van der Waals surface area (Å²) in [5.74, 6) is -0.453. The Kier molecular flexibility index (Phi) is 10.0. The predicted octanol–water partition coefficient (Wildman–Crippen LogP) is 7.77. The van der Waals surface area contributed by atoms with Gasteiger partial charge in [-0.15, -0.1) is 0 Å². The number of likely N-dealkylation sites (tertiary alicyclic amines) is 1. The summed E-state index contributed by atoms with van der Waals surface area (Å²) in [5, 5.41) is 14.6. The normalized spacial score (nSPS) is 20.0. The summed E-state index contributed by atoms with van der Waals surface area (Å²) in [6.45, 7) is 9.17. The van der Waals surface area contributed by atoms with Gasteiger partial charge in [-0.1, -0.05) is 136 Å². The van der Waals surface area contributed by atoms with Crippen LogP contribution in [0.5, 0.6) is 0 Å². The number of carbonyl (C=O) groups excluding carboxylic acids is 1. The quantitative estimate of drug-likeness (QED) is 0.189. The molecule has 230 valence electrons. The average molecular weight is 647 g/mol.